The Kier molecular flexibility index (Phi) is 5.08. The third-order valence-electron chi connectivity index (χ3n) is 2.20. The summed E-state index contributed by atoms with van der Waals surface area (Å²) in [6.45, 7) is 3.67. The van der Waals surface area contributed by atoms with Gasteiger partial charge in [-0.25, -0.2) is 0 Å². The molecule has 6 nitrogen and oxygen atoms in total. The summed E-state index contributed by atoms with van der Waals surface area (Å²) in [5.41, 5.74) is 0.233. The Labute approximate surface area is 107 Å². The van der Waals surface area contributed by atoms with Crippen molar-refractivity contribution in [3.63, 3.8) is 0 Å². The maximum Gasteiger partial charge on any atom is 0.285 e. The number of hydrogen-bond acceptors (Lipinski definition) is 5. The van der Waals surface area contributed by atoms with Crippen molar-refractivity contribution in [3.05, 3.63) is 38.8 Å². The van der Waals surface area contributed by atoms with Gasteiger partial charge in [-0.05, 0) is 17.5 Å². The maximum atomic E-state index is 12.0. The molecule has 0 radical (unpaired) electrons. The first-order chi connectivity index (χ1) is 8.45. The average Bonchev–Trinajstić information content (AvgIpc) is 2.28. The Bertz CT molecular complexity index is 488. The van der Waals surface area contributed by atoms with E-state index in [4.69, 9.17) is 0 Å². The minimum Gasteiger partial charge on any atom is -0.258 e. The van der Waals surface area contributed by atoms with Crippen molar-refractivity contribution in [2.24, 2.45) is 11.1 Å². The van der Waals surface area contributed by atoms with E-state index in [1.807, 2.05) is 13.8 Å². The molecule has 0 aliphatic carbocycles. The van der Waals surface area contributed by atoms with E-state index in [1.54, 1.807) is 6.07 Å². The van der Waals surface area contributed by atoms with Crippen molar-refractivity contribution in [1.82, 2.24) is 0 Å². The van der Waals surface area contributed by atoms with E-state index in [1.165, 1.54) is 12.1 Å². The van der Waals surface area contributed by atoms with Crippen molar-refractivity contribution < 1.29 is 9.13 Å². The summed E-state index contributed by atoms with van der Waals surface area (Å²) in [6.07, 6.45) is 0. The molecule has 0 aliphatic rings. The van der Waals surface area contributed by atoms with Gasteiger partial charge in [-0.2, -0.15) is 4.91 Å². The van der Waals surface area contributed by atoms with Crippen molar-refractivity contribution in [2.45, 2.75) is 25.3 Å². The van der Waals surface area contributed by atoms with E-state index >= 15 is 0 Å². The Balaban J connectivity index is 3.14. The third-order valence-corrected chi connectivity index (χ3v) is 4.00. The second-order valence-corrected chi connectivity index (χ2v) is 5.72. The van der Waals surface area contributed by atoms with Gasteiger partial charge in [0.15, 0.2) is 0 Å². The normalized spacial score (nSPS) is 12.4. The lowest BCUT2D eigenvalue weighted by Crippen LogP contribution is -2.07. The second-order valence-electron chi connectivity index (χ2n) is 4.25. The number of benzene rings is 1. The number of rotatable bonds is 6. The lowest BCUT2D eigenvalue weighted by molar-refractivity contribution is -0.387. The number of nitro groups is 1. The average molecular weight is 270 g/mol. The molecule has 1 aromatic carbocycles. The molecule has 0 aliphatic heterocycles. The highest BCUT2D eigenvalue weighted by molar-refractivity contribution is 7.85. The van der Waals surface area contributed by atoms with E-state index in [2.05, 4.69) is 5.18 Å². The van der Waals surface area contributed by atoms with E-state index in [-0.39, 0.29) is 23.0 Å². The van der Waals surface area contributed by atoms with Crippen LogP contribution in [0.25, 0.3) is 0 Å². The molecule has 1 unspecified atom stereocenters. The predicted molar refractivity (Wildman–Crippen MR) is 68.7 cm³/mol. The number of nitrogens with zero attached hydrogens (tertiary/aromatic N) is 2. The predicted octanol–water partition coefficient (Wildman–Crippen LogP) is 2.62. The molecule has 0 saturated carbocycles. The largest absolute Gasteiger partial charge is 0.285 e. The first-order valence-corrected chi connectivity index (χ1v) is 6.72. The van der Waals surface area contributed by atoms with E-state index < -0.39 is 15.7 Å². The van der Waals surface area contributed by atoms with Crippen LogP contribution in [-0.4, -0.2) is 14.9 Å². The second kappa shape index (κ2) is 6.34. The SMILES string of the molecule is CC(C)CS(=O)c1ccc(CN=O)cc1[N+](=O)[O-]. The van der Waals surface area contributed by atoms with E-state index in [0.717, 1.165) is 0 Å². The van der Waals surface area contributed by atoms with Crippen LogP contribution in [0.4, 0.5) is 5.69 Å². The van der Waals surface area contributed by atoms with E-state index in [9.17, 15) is 19.2 Å². The summed E-state index contributed by atoms with van der Waals surface area (Å²) in [4.78, 5) is 20.7. The van der Waals surface area contributed by atoms with Crippen LogP contribution >= 0.6 is 0 Å². The van der Waals surface area contributed by atoms with E-state index in [0.29, 0.717) is 11.3 Å². The van der Waals surface area contributed by atoms with Crippen LogP contribution in [0.5, 0.6) is 0 Å². The maximum absolute atomic E-state index is 12.0. The van der Waals surface area contributed by atoms with Crippen molar-refractivity contribution in [3.8, 4) is 0 Å². The Hall–Kier alpha value is -1.63. The van der Waals surface area contributed by atoms with Crippen LogP contribution in [0.1, 0.15) is 19.4 Å². The molecule has 0 bridgehead atoms. The summed E-state index contributed by atoms with van der Waals surface area (Å²) in [5.74, 6) is 0.549. The van der Waals surface area contributed by atoms with Crippen molar-refractivity contribution in [2.75, 3.05) is 5.75 Å². The number of hydrogen-bond donors (Lipinski definition) is 0. The standard InChI is InChI=1S/C11H14N2O4S/c1-8(2)7-18(17)11-4-3-9(6-12-14)5-10(11)13(15)16/h3-5,8H,6-7H2,1-2H3. The molecule has 0 fully saturated rings. The van der Waals surface area contributed by atoms with Gasteiger partial charge in [0, 0.05) is 11.8 Å². The summed E-state index contributed by atoms with van der Waals surface area (Å²) < 4.78 is 12.0. The summed E-state index contributed by atoms with van der Waals surface area (Å²) in [7, 11) is -1.41. The molecule has 18 heavy (non-hydrogen) atoms. The molecule has 1 rings (SSSR count). The van der Waals surface area contributed by atoms with Crippen LogP contribution in [0.15, 0.2) is 28.3 Å². The molecule has 1 atom stereocenters. The molecule has 0 amide bonds. The molecular formula is C11H14N2O4S. The lowest BCUT2D eigenvalue weighted by Gasteiger charge is -2.06. The van der Waals surface area contributed by atoms with Gasteiger partial charge in [-0.1, -0.05) is 25.1 Å². The van der Waals surface area contributed by atoms with Gasteiger partial charge < -0.3 is 0 Å². The Morgan fingerprint density at radius 2 is 2.11 bits per heavy atom. The van der Waals surface area contributed by atoms with Crippen LogP contribution in [0.3, 0.4) is 0 Å². The van der Waals surface area contributed by atoms with Crippen molar-refractivity contribution in [1.29, 1.82) is 0 Å². The molecule has 0 saturated heterocycles. The van der Waals surface area contributed by atoms with Crippen LogP contribution in [0.2, 0.25) is 0 Å². The highest BCUT2D eigenvalue weighted by Gasteiger charge is 2.20. The monoisotopic (exact) mass is 270 g/mol. The fourth-order valence-corrected chi connectivity index (χ4v) is 2.84. The van der Waals surface area contributed by atoms with Gasteiger partial charge in [0.1, 0.15) is 11.4 Å². The van der Waals surface area contributed by atoms with Gasteiger partial charge in [0.25, 0.3) is 5.69 Å². The quantitative estimate of drug-likeness (QED) is 0.451. The first kappa shape index (κ1) is 14.4. The van der Waals surface area contributed by atoms with Gasteiger partial charge in [-0.15, -0.1) is 0 Å². The Morgan fingerprint density at radius 3 is 2.61 bits per heavy atom. The zero-order valence-electron chi connectivity index (χ0n) is 10.2. The zero-order chi connectivity index (χ0) is 13.7. The fourth-order valence-electron chi connectivity index (χ4n) is 1.46. The zero-order valence-corrected chi connectivity index (χ0v) is 11.0. The molecule has 0 aromatic heterocycles. The van der Waals surface area contributed by atoms with Crippen LogP contribution in [-0.2, 0) is 17.3 Å². The molecule has 0 N–H and O–H groups in total. The molecule has 0 heterocycles. The molecule has 7 heteroatoms. The topological polar surface area (TPSA) is 89.6 Å². The smallest absolute Gasteiger partial charge is 0.258 e. The minimum absolute atomic E-state index is 0.127. The minimum atomic E-state index is -1.41. The number of nitroso groups, excluding NO2 is 1. The lowest BCUT2D eigenvalue weighted by atomic mass is 10.2. The van der Waals surface area contributed by atoms with Gasteiger partial charge in [-0.3, -0.25) is 14.3 Å². The highest BCUT2D eigenvalue weighted by atomic mass is 32.2. The number of nitro benzene ring substituents is 1. The van der Waals surface area contributed by atoms with Crippen LogP contribution in [0, 0.1) is 20.9 Å². The molecule has 98 valence electrons. The van der Waals surface area contributed by atoms with Crippen molar-refractivity contribution >= 4 is 16.5 Å². The molecule has 1 aromatic rings. The summed E-state index contributed by atoms with van der Waals surface area (Å²) in [5, 5.41) is 13.6. The fraction of sp³-hybridized carbons (Fsp3) is 0.455. The first-order valence-electron chi connectivity index (χ1n) is 5.40. The third kappa shape index (κ3) is 3.69. The molecule has 0 spiro atoms. The summed E-state index contributed by atoms with van der Waals surface area (Å²) in [6, 6.07) is 4.24. The van der Waals surface area contributed by atoms with Gasteiger partial charge in [0.2, 0.25) is 0 Å². The van der Waals surface area contributed by atoms with Gasteiger partial charge >= 0.3 is 0 Å². The highest BCUT2D eigenvalue weighted by Crippen LogP contribution is 2.25. The van der Waals surface area contributed by atoms with Crippen LogP contribution < -0.4 is 0 Å². The summed E-state index contributed by atoms with van der Waals surface area (Å²) >= 11 is 0. The molecular weight excluding hydrogens is 256 g/mol. The van der Waals surface area contributed by atoms with Gasteiger partial charge in [0.05, 0.1) is 15.7 Å². The Morgan fingerprint density at radius 1 is 1.44 bits per heavy atom.